The zero-order valence-electron chi connectivity index (χ0n) is 12.2. The van der Waals surface area contributed by atoms with Crippen LogP contribution in [-0.2, 0) is 11.3 Å². The summed E-state index contributed by atoms with van der Waals surface area (Å²) in [6.07, 6.45) is 3.72. The van der Waals surface area contributed by atoms with Crippen LogP contribution in [0.2, 0.25) is 0 Å². The van der Waals surface area contributed by atoms with Gasteiger partial charge in [0.25, 0.3) is 0 Å². The number of benzene rings is 1. The Kier molecular flexibility index (Phi) is 7.03. The molecule has 7 heteroatoms. The predicted octanol–water partition coefficient (Wildman–Crippen LogP) is 2.85. The maximum absolute atomic E-state index is 12.3. The average Bonchev–Trinajstić information content (AvgIpc) is 2.96. The maximum atomic E-state index is 12.3. The van der Waals surface area contributed by atoms with E-state index in [4.69, 9.17) is 5.73 Å². The predicted molar refractivity (Wildman–Crippen MR) is 82.1 cm³/mol. The van der Waals surface area contributed by atoms with Crippen LogP contribution >= 0.6 is 12.4 Å². The molecule has 0 saturated heterocycles. The lowest BCUT2D eigenvalue weighted by Gasteiger charge is -2.25. The van der Waals surface area contributed by atoms with Crippen molar-refractivity contribution in [2.75, 3.05) is 6.54 Å². The number of nitrogens with one attached hydrogen (secondary N) is 1. The van der Waals surface area contributed by atoms with Crippen molar-refractivity contribution >= 4 is 18.3 Å². The molecule has 22 heavy (non-hydrogen) atoms. The van der Waals surface area contributed by atoms with Gasteiger partial charge in [0.15, 0.2) is 0 Å². The lowest BCUT2D eigenvalue weighted by atomic mass is 9.85. The molecule has 0 radical (unpaired) electrons. The van der Waals surface area contributed by atoms with Crippen molar-refractivity contribution < 1.29 is 18.3 Å². The molecule has 1 aliphatic rings. The second-order valence-electron chi connectivity index (χ2n) is 5.40. The van der Waals surface area contributed by atoms with E-state index in [0.717, 1.165) is 31.2 Å². The number of amides is 1. The first-order valence-electron chi connectivity index (χ1n) is 7.08. The van der Waals surface area contributed by atoms with Crippen LogP contribution in [0.25, 0.3) is 0 Å². The molecule has 1 fully saturated rings. The van der Waals surface area contributed by atoms with E-state index in [-0.39, 0.29) is 24.1 Å². The number of nitrogens with two attached hydrogens (primary N) is 1. The molecule has 0 heterocycles. The fraction of sp³-hybridized carbons (Fsp3) is 0.533. The Bertz CT molecular complexity index is 477. The maximum Gasteiger partial charge on any atom is 0.387 e. The number of alkyl halides is 2. The highest BCUT2D eigenvalue weighted by atomic mass is 35.5. The number of carbonyl (C=O) groups is 1. The van der Waals surface area contributed by atoms with Crippen LogP contribution in [0.3, 0.4) is 0 Å². The van der Waals surface area contributed by atoms with Crippen molar-refractivity contribution in [3.63, 3.8) is 0 Å². The molecule has 1 saturated carbocycles. The second-order valence-corrected chi connectivity index (χ2v) is 5.40. The fourth-order valence-corrected chi connectivity index (χ4v) is 2.73. The van der Waals surface area contributed by atoms with Crippen LogP contribution in [0.5, 0.6) is 5.75 Å². The molecule has 0 aromatic heterocycles. The highest BCUT2D eigenvalue weighted by Crippen LogP contribution is 2.37. The lowest BCUT2D eigenvalue weighted by molar-refractivity contribution is -0.130. The SMILES string of the molecule is Cl.NCC1(C(=O)NCc2ccc(OC(F)F)cc2)CCCC1. The Hall–Kier alpha value is -1.40. The normalized spacial score (nSPS) is 16.2. The minimum atomic E-state index is -2.83. The Balaban J connectivity index is 0.00000242. The van der Waals surface area contributed by atoms with Gasteiger partial charge in [-0.15, -0.1) is 12.4 Å². The van der Waals surface area contributed by atoms with Gasteiger partial charge in [0, 0.05) is 13.1 Å². The molecule has 1 aliphatic carbocycles. The van der Waals surface area contributed by atoms with Crippen LogP contribution in [0.1, 0.15) is 31.2 Å². The Morgan fingerprint density at radius 3 is 2.36 bits per heavy atom. The van der Waals surface area contributed by atoms with Gasteiger partial charge >= 0.3 is 6.61 Å². The number of ether oxygens (including phenoxy) is 1. The van der Waals surface area contributed by atoms with E-state index in [1.165, 1.54) is 12.1 Å². The fourth-order valence-electron chi connectivity index (χ4n) is 2.73. The first-order valence-corrected chi connectivity index (χ1v) is 7.08. The van der Waals surface area contributed by atoms with Gasteiger partial charge in [-0.3, -0.25) is 4.79 Å². The van der Waals surface area contributed by atoms with Gasteiger partial charge in [0.1, 0.15) is 5.75 Å². The molecule has 0 aliphatic heterocycles. The lowest BCUT2D eigenvalue weighted by Crippen LogP contribution is -2.43. The first kappa shape index (κ1) is 18.6. The zero-order valence-corrected chi connectivity index (χ0v) is 13.0. The number of hydrogen-bond donors (Lipinski definition) is 2. The largest absolute Gasteiger partial charge is 0.435 e. The molecule has 124 valence electrons. The molecule has 1 aromatic carbocycles. The second kappa shape index (κ2) is 8.29. The molecule has 0 unspecified atom stereocenters. The summed E-state index contributed by atoms with van der Waals surface area (Å²) in [6, 6.07) is 6.23. The van der Waals surface area contributed by atoms with Gasteiger partial charge in [-0.2, -0.15) is 8.78 Å². The highest BCUT2D eigenvalue weighted by molar-refractivity contribution is 5.85. The summed E-state index contributed by atoms with van der Waals surface area (Å²) >= 11 is 0. The summed E-state index contributed by atoms with van der Waals surface area (Å²) in [5.74, 6) is 0.0877. The van der Waals surface area contributed by atoms with Crippen molar-refractivity contribution in [1.82, 2.24) is 5.32 Å². The summed E-state index contributed by atoms with van der Waals surface area (Å²) in [4.78, 5) is 12.3. The van der Waals surface area contributed by atoms with Crippen molar-refractivity contribution in [3.8, 4) is 5.75 Å². The Labute approximate surface area is 134 Å². The molecule has 4 nitrogen and oxygen atoms in total. The van der Waals surface area contributed by atoms with Gasteiger partial charge < -0.3 is 15.8 Å². The summed E-state index contributed by atoms with van der Waals surface area (Å²) in [5, 5.41) is 2.88. The van der Waals surface area contributed by atoms with Gasteiger partial charge in [-0.1, -0.05) is 25.0 Å². The number of hydrogen-bond acceptors (Lipinski definition) is 3. The Morgan fingerprint density at radius 2 is 1.86 bits per heavy atom. The van der Waals surface area contributed by atoms with Gasteiger partial charge in [-0.25, -0.2) is 0 Å². The van der Waals surface area contributed by atoms with Crippen molar-refractivity contribution in [2.24, 2.45) is 11.1 Å². The zero-order chi connectivity index (χ0) is 15.3. The third kappa shape index (κ3) is 4.55. The minimum absolute atomic E-state index is 0. The summed E-state index contributed by atoms with van der Waals surface area (Å²) in [5.41, 5.74) is 6.15. The summed E-state index contributed by atoms with van der Waals surface area (Å²) in [6.45, 7) is -2.11. The molecule has 1 amide bonds. The molecule has 0 atom stereocenters. The molecule has 3 N–H and O–H groups in total. The van der Waals surface area contributed by atoms with Crippen LogP contribution < -0.4 is 15.8 Å². The van der Waals surface area contributed by atoms with Gasteiger partial charge in [0.2, 0.25) is 5.91 Å². The number of rotatable bonds is 6. The van der Waals surface area contributed by atoms with E-state index in [0.29, 0.717) is 13.1 Å². The van der Waals surface area contributed by atoms with Gasteiger partial charge in [-0.05, 0) is 30.5 Å². The van der Waals surface area contributed by atoms with Crippen molar-refractivity contribution in [3.05, 3.63) is 29.8 Å². The quantitative estimate of drug-likeness (QED) is 0.840. The van der Waals surface area contributed by atoms with Crippen molar-refractivity contribution in [1.29, 1.82) is 0 Å². The molecule has 0 bridgehead atoms. The van der Waals surface area contributed by atoms with E-state index in [2.05, 4.69) is 10.1 Å². The average molecular weight is 335 g/mol. The topological polar surface area (TPSA) is 64.4 Å². The molecule has 0 spiro atoms. The van der Waals surface area contributed by atoms with E-state index in [1.807, 2.05) is 0 Å². The first-order chi connectivity index (χ1) is 10.1. The van der Waals surface area contributed by atoms with Gasteiger partial charge in [0.05, 0.1) is 5.41 Å². The van der Waals surface area contributed by atoms with Crippen molar-refractivity contribution in [2.45, 2.75) is 38.8 Å². The van der Waals surface area contributed by atoms with E-state index in [9.17, 15) is 13.6 Å². The van der Waals surface area contributed by atoms with E-state index >= 15 is 0 Å². The minimum Gasteiger partial charge on any atom is -0.435 e. The molecule has 1 aromatic rings. The highest BCUT2D eigenvalue weighted by Gasteiger charge is 2.39. The van der Waals surface area contributed by atoms with Crippen LogP contribution in [-0.4, -0.2) is 19.1 Å². The van der Waals surface area contributed by atoms with E-state index < -0.39 is 12.0 Å². The third-order valence-corrected chi connectivity index (χ3v) is 4.03. The number of carbonyl (C=O) groups excluding carboxylic acids is 1. The van der Waals surface area contributed by atoms with E-state index in [1.54, 1.807) is 12.1 Å². The number of halogens is 3. The smallest absolute Gasteiger partial charge is 0.387 e. The molecular formula is C15H21ClF2N2O2. The molecular weight excluding hydrogens is 314 g/mol. The standard InChI is InChI=1S/C15H20F2N2O2.ClH/c16-14(17)21-12-5-3-11(4-6-12)9-19-13(20)15(10-18)7-1-2-8-15;/h3-6,14H,1-2,7-10,18H2,(H,19,20);1H. The van der Waals surface area contributed by atoms with Crippen LogP contribution in [0.15, 0.2) is 24.3 Å². The third-order valence-electron chi connectivity index (χ3n) is 4.03. The summed E-state index contributed by atoms with van der Waals surface area (Å²) in [7, 11) is 0. The van der Waals surface area contributed by atoms with Crippen LogP contribution in [0.4, 0.5) is 8.78 Å². The summed E-state index contributed by atoms with van der Waals surface area (Å²) < 4.78 is 28.3. The Morgan fingerprint density at radius 1 is 1.27 bits per heavy atom. The van der Waals surface area contributed by atoms with Crippen LogP contribution in [0, 0.1) is 5.41 Å². The molecule has 2 rings (SSSR count). The monoisotopic (exact) mass is 334 g/mol.